The number of carbonyl (C=O) groups is 1. The monoisotopic (exact) mass is 322 g/mol. The van der Waals surface area contributed by atoms with Crippen LogP contribution in [0.4, 0.5) is 0 Å². The molecule has 102 valence electrons. The maximum absolute atomic E-state index is 12.8. The Balaban J connectivity index is 1.80. The molecular formula is C15H19BrN2O. The molecule has 1 atom stereocenters. The standard InChI is InChI=1S/C15H19BrN2O/c1-11-10-18(9-8-17-11)14(19)15(6-7-15)12-2-4-13(16)5-3-12/h2-5,11,17H,6-10H2,1H3/t11-/m0/s1. The number of piperazine rings is 1. The predicted octanol–water partition coefficient (Wildman–Crippen LogP) is 2.30. The van der Waals surface area contributed by atoms with Crippen molar-refractivity contribution in [2.75, 3.05) is 19.6 Å². The third kappa shape index (κ3) is 2.43. The van der Waals surface area contributed by atoms with Crippen molar-refractivity contribution in [1.29, 1.82) is 0 Å². The quantitative estimate of drug-likeness (QED) is 0.906. The smallest absolute Gasteiger partial charge is 0.233 e. The maximum atomic E-state index is 12.8. The van der Waals surface area contributed by atoms with Crippen LogP contribution < -0.4 is 5.32 Å². The van der Waals surface area contributed by atoms with Gasteiger partial charge in [-0.25, -0.2) is 0 Å². The Hall–Kier alpha value is -0.870. The van der Waals surface area contributed by atoms with Crippen LogP contribution in [0.3, 0.4) is 0 Å². The number of nitrogens with zero attached hydrogens (tertiary/aromatic N) is 1. The van der Waals surface area contributed by atoms with E-state index in [-0.39, 0.29) is 5.41 Å². The van der Waals surface area contributed by atoms with Gasteiger partial charge in [-0.05, 0) is 37.5 Å². The van der Waals surface area contributed by atoms with Gasteiger partial charge in [0.15, 0.2) is 0 Å². The van der Waals surface area contributed by atoms with Gasteiger partial charge in [-0.1, -0.05) is 28.1 Å². The van der Waals surface area contributed by atoms with E-state index in [1.54, 1.807) is 0 Å². The molecule has 0 aromatic heterocycles. The van der Waals surface area contributed by atoms with Gasteiger partial charge < -0.3 is 10.2 Å². The van der Waals surface area contributed by atoms with Crippen molar-refractivity contribution in [3.63, 3.8) is 0 Å². The first kappa shape index (κ1) is 13.1. The lowest BCUT2D eigenvalue weighted by Gasteiger charge is -2.34. The Kier molecular flexibility index (Phi) is 3.39. The van der Waals surface area contributed by atoms with Gasteiger partial charge in [-0.15, -0.1) is 0 Å². The molecule has 0 radical (unpaired) electrons. The minimum atomic E-state index is -0.224. The summed E-state index contributed by atoms with van der Waals surface area (Å²) in [5, 5.41) is 3.39. The van der Waals surface area contributed by atoms with Crippen molar-refractivity contribution in [1.82, 2.24) is 10.2 Å². The van der Waals surface area contributed by atoms with E-state index < -0.39 is 0 Å². The van der Waals surface area contributed by atoms with E-state index in [1.807, 2.05) is 17.0 Å². The van der Waals surface area contributed by atoms with Crippen molar-refractivity contribution in [3.05, 3.63) is 34.3 Å². The molecule has 0 unspecified atom stereocenters. The fraction of sp³-hybridized carbons (Fsp3) is 0.533. The Morgan fingerprint density at radius 1 is 1.37 bits per heavy atom. The van der Waals surface area contributed by atoms with E-state index in [1.165, 1.54) is 5.56 Å². The molecule has 1 saturated carbocycles. The number of benzene rings is 1. The normalized spacial score (nSPS) is 25.2. The van der Waals surface area contributed by atoms with Crippen LogP contribution in [0.15, 0.2) is 28.7 Å². The molecule has 2 aliphatic rings. The summed E-state index contributed by atoms with van der Waals surface area (Å²) in [6.45, 7) is 4.71. The third-order valence-electron chi connectivity index (χ3n) is 4.21. The summed E-state index contributed by atoms with van der Waals surface area (Å²) in [4.78, 5) is 14.8. The van der Waals surface area contributed by atoms with Crippen molar-refractivity contribution in [2.24, 2.45) is 0 Å². The highest BCUT2D eigenvalue weighted by Crippen LogP contribution is 2.49. The molecule has 1 heterocycles. The highest BCUT2D eigenvalue weighted by Gasteiger charge is 2.53. The van der Waals surface area contributed by atoms with E-state index >= 15 is 0 Å². The first-order valence-electron chi connectivity index (χ1n) is 6.91. The average molecular weight is 323 g/mol. The molecule has 0 bridgehead atoms. The van der Waals surface area contributed by atoms with Crippen LogP contribution in [0.5, 0.6) is 0 Å². The molecule has 1 N–H and O–H groups in total. The van der Waals surface area contributed by atoms with Gasteiger partial charge in [-0.3, -0.25) is 4.79 Å². The van der Waals surface area contributed by atoms with Gasteiger partial charge in [0.1, 0.15) is 0 Å². The lowest BCUT2D eigenvalue weighted by atomic mass is 9.94. The minimum absolute atomic E-state index is 0.224. The summed E-state index contributed by atoms with van der Waals surface area (Å²) >= 11 is 3.45. The van der Waals surface area contributed by atoms with Gasteiger partial charge in [0.25, 0.3) is 0 Å². The number of hydrogen-bond acceptors (Lipinski definition) is 2. The zero-order chi connectivity index (χ0) is 13.5. The van der Waals surface area contributed by atoms with E-state index in [0.717, 1.165) is 36.9 Å². The number of amides is 1. The Labute approximate surface area is 122 Å². The molecule has 1 aliphatic carbocycles. The van der Waals surface area contributed by atoms with Crippen LogP contribution in [0.1, 0.15) is 25.3 Å². The minimum Gasteiger partial charge on any atom is -0.339 e. The lowest BCUT2D eigenvalue weighted by Crippen LogP contribution is -2.53. The number of nitrogens with one attached hydrogen (secondary N) is 1. The molecule has 1 aliphatic heterocycles. The first-order valence-corrected chi connectivity index (χ1v) is 7.70. The lowest BCUT2D eigenvalue weighted by molar-refractivity contribution is -0.135. The molecule has 1 amide bonds. The van der Waals surface area contributed by atoms with Gasteiger partial charge in [0, 0.05) is 30.1 Å². The summed E-state index contributed by atoms with van der Waals surface area (Å²) in [6.07, 6.45) is 1.98. The molecule has 3 rings (SSSR count). The zero-order valence-corrected chi connectivity index (χ0v) is 12.7. The molecule has 4 heteroatoms. The molecule has 1 aromatic carbocycles. The number of hydrogen-bond donors (Lipinski definition) is 1. The topological polar surface area (TPSA) is 32.3 Å². The molecule has 3 nitrogen and oxygen atoms in total. The summed E-state index contributed by atoms with van der Waals surface area (Å²) in [5.74, 6) is 0.322. The number of carbonyl (C=O) groups excluding carboxylic acids is 1. The average Bonchev–Trinajstić information content (AvgIpc) is 3.20. The van der Waals surface area contributed by atoms with Gasteiger partial charge >= 0.3 is 0 Å². The van der Waals surface area contributed by atoms with E-state index in [4.69, 9.17) is 0 Å². The Morgan fingerprint density at radius 3 is 2.63 bits per heavy atom. The van der Waals surface area contributed by atoms with Crippen LogP contribution in [0.2, 0.25) is 0 Å². The second-order valence-electron chi connectivity index (χ2n) is 5.70. The third-order valence-corrected chi connectivity index (χ3v) is 4.74. The van der Waals surface area contributed by atoms with E-state index in [0.29, 0.717) is 11.9 Å². The van der Waals surface area contributed by atoms with Crippen molar-refractivity contribution in [3.8, 4) is 0 Å². The summed E-state index contributed by atoms with van der Waals surface area (Å²) in [6, 6.07) is 8.63. The van der Waals surface area contributed by atoms with Crippen LogP contribution >= 0.6 is 15.9 Å². The fourth-order valence-electron chi connectivity index (χ4n) is 2.94. The van der Waals surface area contributed by atoms with Crippen LogP contribution in [-0.4, -0.2) is 36.5 Å². The van der Waals surface area contributed by atoms with Crippen LogP contribution in [-0.2, 0) is 10.2 Å². The molecule has 1 aromatic rings. The van der Waals surface area contributed by atoms with Crippen LogP contribution in [0.25, 0.3) is 0 Å². The predicted molar refractivity (Wildman–Crippen MR) is 79.1 cm³/mol. The SMILES string of the molecule is C[C@H]1CN(C(=O)C2(c3ccc(Br)cc3)CC2)CCN1. The summed E-state index contributed by atoms with van der Waals surface area (Å²) in [7, 11) is 0. The largest absolute Gasteiger partial charge is 0.339 e. The summed E-state index contributed by atoms with van der Waals surface area (Å²) < 4.78 is 1.07. The zero-order valence-electron chi connectivity index (χ0n) is 11.2. The summed E-state index contributed by atoms with van der Waals surface area (Å²) in [5.41, 5.74) is 0.949. The molecular weight excluding hydrogens is 304 g/mol. The molecule has 1 saturated heterocycles. The molecule has 0 spiro atoms. The second kappa shape index (κ2) is 4.91. The van der Waals surface area contributed by atoms with Crippen molar-refractivity contribution >= 4 is 21.8 Å². The van der Waals surface area contributed by atoms with E-state index in [9.17, 15) is 4.79 Å². The van der Waals surface area contributed by atoms with Gasteiger partial charge in [0.2, 0.25) is 5.91 Å². The number of halogens is 1. The van der Waals surface area contributed by atoms with Crippen molar-refractivity contribution in [2.45, 2.75) is 31.2 Å². The highest BCUT2D eigenvalue weighted by atomic mass is 79.9. The second-order valence-corrected chi connectivity index (χ2v) is 6.61. The fourth-order valence-corrected chi connectivity index (χ4v) is 3.20. The van der Waals surface area contributed by atoms with Gasteiger partial charge in [0.05, 0.1) is 5.41 Å². The highest BCUT2D eigenvalue weighted by molar-refractivity contribution is 9.10. The number of rotatable bonds is 2. The molecule has 19 heavy (non-hydrogen) atoms. The maximum Gasteiger partial charge on any atom is 0.233 e. The Morgan fingerprint density at radius 2 is 2.05 bits per heavy atom. The van der Waals surface area contributed by atoms with Gasteiger partial charge in [-0.2, -0.15) is 0 Å². The van der Waals surface area contributed by atoms with Crippen LogP contribution in [0, 0.1) is 0 Å². The van der Waals surface area contributed by atoms with Crippen molar-refractivity contribution < 1.29 is 4.79 Å². The Bertz CT molecular complexity index is 481. The van der Waals surface area contributed by atoms with E-state index in [2.05, 4.69) is 40.3 Å². The first-order chi connectivity index (χ1) is 9.12. The molecule has 2 fully saturated rings.